The number of para-hydroxylation sites is 1. The molecule has 5 rings (SSSR count). The van der Waals surface area contributed by atoms with Crippen LogP contribution in [0, 0.1) is 0 Å². The van der Waals surface area contributed by atoms with Crippen molar-refractivity contribution >= 4 is 11.0 Å². The molecular weight excluding hydrogens is 376 g/mol. The van der Waals surface area contributed by atoms with E-state index in [1.807, 2.05) is 16.2 Å². The minimum absolute atomic E-state index is 0.127. The van der Waals surface area contributed by atoms with Crippen molar-refractivity contribution in [3.05, 3.63) is 34.2 Å². The van der Waals surface area contributed by atoms with Crippen LogP contribution in [-0.4, -0.2) is 77.3 Å². The zero-order valence-electron chi connectivity index (χ0n) is 18.3. The first-order valence-corrected chi connectivity index (χ1v) is 11.8. The molecule has 2 aromatic rings. The fourth-order valence-corrected chi connectivity index (χ4v) is 5.75. The van der Waals surface area contributed by atoms with Crippen LogP contribution in [0.2, 0.25) is 0 Å². The molecule has 3 fully saturated rings. The van der Waals surface area contributed by atoms with E-state index >= 15 is 0 Å². The quantitative estimate of drug-likeness (QED) is 0.789. The van der Waals surface area contributed by atoms with E-state index in [2.05, 4.69) is 38.6 Å². The Hall–Kier alpha value is -1.67. The molecule has 7 nitrogen and oxygen atoms in total. The molecule has 1 aromatic carbocycles. The van der Waals surface area contributed by atoms with Gasteiger partial charge >= 0.3 is 5.69 Å². The second-order valence-electron chi connectivity index (χ2n) is 9.29. The van der Waals surface area contributed by atoms with E-state index in [1.165, 1.54) is 18.4 Å². The number of nitrogens with zero attached hydrogens (tertiary/aromatic N) is 4. The standard InChI is InChI=1S/C23H36N6O/c1-26-22-18(17-27-12-14-28(15-13-27)19-7-10-24-11-8-19)4-2-6-21(22)29(23(26)30)20-5-3-9-25-16-20/h2,4,6,19-20,24-25H,3,5,7-17H2,1H3. The van der Waals surface area contributed by atoms with Crippen molar-refractivity contribution in [3.8, 4) is 0 Å². The lowest BCUT2D eigenvalue weighted by molar-refractivity contribution is 0.0786. The summed E-state index contributed by atoms with van der Waals surface area (Å²) in [5.41, 5.74) is 3.63. The van der Waals surface area contributed by atoms with Gasteiger partial charge in [-0.3, -0.25) is 18.9 Å². The Balaban J connectivity index is 1.33. The van der Waals surface area contributed by atoms with E-state index < -0.39 is 0 Å². The fraction of sp³-hybridized carbons (Fsp3) is 0.696. The molecule has 1 aromatic heterocycles. The molecule has 3 aliphatic rings. The number of benzene rings is 1. The van der Waals surface area contributed by atoms with E-state index in [-0.39, 0.29) is 11.7 Å². The minimum Gasteiger partial charge on any atom is -0.317 e. The van der Waals surface area contributed by atoms with E-state index in [0.29, 0.717) is 0 Å². The summed E-state index contributed by atoms with van der Waals surface area (Å²) in [6, 6.07) is 7.50. The van der Waals surface area contributed by atoms with Gasteiger partial charge in [0.25, 0.3) is 0 Å². The van der Waals surface area contributed by atoms with Crippen LogP contribution >= 0.6 is 0 Å². The van der Waals surface area contributed by atoms with Crippen molar-refractivity contribution < 1.29 is 0 Å². The van der Waals surface area contributed by atoms with Gasteiger partial charge in [-0.1, -0.05) is 12.1 Å². The second kappa shape index (κ2) is 8.83. The SMILES string of the molecule is Cn1c(=O)n(C2CCCNC2)c2cccc(CN3CCN(C4CCNCC4)CC3)c21. The fourth-order valence-electron chi connectivity index (χ4n) is 5.75. The van der Waals surface area contributed by atoms with Gasteiger partial charge in [-0.15, -0.1) is 0 Å². The highest BCUT2D eigenvalue weighted by Crippen LogP contribution is 2.25. The number of piperazine rings is 1. The lowest BCUT2D eigenvalue weighted by Gasteiger charge is -2.41. The Morgan fingerprint density at radius 2 is 1.77 bits per heavy atom. The molecule has 3 aliphatic heterocycles. The molecule has 4 heterocycles. The Bertz CT molecular complexity index is 914. The molecule has 3 saturated heterocycles. The topological polar surface area (TPSA) is 57.5 Å². The summed E-state index contributed by atoms with van der Waals surface area (Å²) in [4.78, 5) is 18.4. The van der Waals surface area contributed by atoms with E-state index in [4.69, 9.17) is 0 Å². The van der Waals surface area contributed by atoms with Gasteiger partial charge in [0.15, 0.2) is 0 Å². The van der Waals surface area contributed by atoms with Crippen LogP contribution in [-0.2, 0) is 13.6 Å². The van der Waals surface area contributed by atoms with Crippen molar-refractivity contribution in [2.45, 2.75) is 44.3 Å². The van der Waals surface area contributed by atoms with Crippen LogP contribution in [0.4, 0.5) is 0 Å². The van der Waals surface area contributed by atoms with Gasteiger partial charge in [-0.25, -0.2) is 4.79 Å². The molecule has 1 unspecified atom stereocenters. The van der Waals surface area contributed by atoms with Gasteiger partial charge in [0.05, 0.1) is 17.1 Å². The lowest BCUT2D eigenvalue weighted by Crippen LogP contribution is -2.52. The molecule has 7 heteroatoms. The Kier molecular flexibility index (Phi) is 5.96. The highest BCUT2D eigenvalue weighted by molar-refractivity contribution is 5.80. The van der Waals surface area contributed by atoms with Gasteiger partial charge in [-0.05, 0) is 56.9 Å². The van der Waals surface area contributed by atoms with Gasteiger partial charge in [-0.2, -0.15) is 0 Å². The smallest absolute Gasteiger partial charge is 0.317 e. The number of hydrogen-bond donors (Lipinski definition) is 2. The van der Waals surface area contributed by atoms with Crippen LogP contribution in [0.5, 0.6) is 0 Å². The number of rotatable bonds is 4. The van der Waals surface area contributed by atoms with Crippen molar-refractivity contribution in [1.82, 2.24) is 29.6 Å². The normalized spacial score (nSPS) is 25.2. The summed E-state index contributed by atoms with van der Waals surface area (Å²) < 4.78 is 3.92. The van der Waals surface area contributed by atoms with Crippen LogP contribution in [0.1, 0.15) is 37.3 Å². The molecule has 0 saturated carbocycles. The number of aromatic nitrogens is 2. The predicted molar refractivity (Wildman–Crippen MR) is 121 cm³/mol. The summed E-state index contributed by atoms with van der Waals surface area (Å²) >= 11 is 0. The second-order valence-corrected chi connectivity index (χ2v) is 9.29. The minimum atomic E-state index is 0.127. The first kappa shape index (κ1) is 20.2. The number of hydrogen-bond acceptors (Lipinski definition) is 5. The molecular formula is C23H36N6O. The molecule has 0 amide bonds. The summed E-state index contributed by atoms with van der Waals surface area (Å²) in [7, 11) is 1.94. The summed E-state index contributed by atoms with van der Waals surface area (Å²) in [6.07, 6.45) is 4.78. The summed E-state index contributed by atoms with van der Waals surface area (Å²) in [5, 5.41) is 6.94. The van der Waals surface area contributed by atoms with Crippen molar-refractivity contribution in [2.24, 2.45) is 7.05 Å². The average Bonchev–Trinajstić information content (AvgIpc) is 3.06. The molecule has 0 aliphatic carbocycles. The Labute approximate surface area is 179 Å². The zero-order chi connectivity index (χ0) is 20.5. The number of nitrogens with one attached hydrogen (secondary N) is 2. The summed E-state index contributed by atoms with van der Waals surface area (Å²) in [6.45, 7) is 9.75. The Morgan fingerprint density at radius 1 is 0.967 bits per heavy atom. The van der Waals surface area contributed by atoms with Crippen molar-refractivity contribution in [2.75, 3.05) is 52.4 Å². The largest absolute Gasteiger partial charge is 0.329 e. The van der Waals surface area contributed by atoms with Gasteiger partial charge in [0, 0.05) is 52.4 Å². The Morgan fingerprint density at radius 3 is 2.50 bits per heavy atom. The molecule has 1 atom stereocenters. The maximum Gasteiger partial charge on any atom is 0.329 e. The van der Waals surface area contributed by atoms with E-state index in [0.717, 1.165) is 88.8 Å². The molecule has 30 heavy (non-hydrogen) atoms. The van der Waals surface area contributed by atoms with Crippen molar-refractivity contribution in [1.29, 1.82) is 0 Å². The van der Waals surface area contributed by atoms with Crippen molar-refractivity contribution in [3.63, 3.8) is 0 Å². The summed E-state index contributed by atoms with van der Waals surface area (Å²) in [5.74, 6) is 0. The van der Waals surface area contributed by atoms with Gasteiger partial charge in [0.1, 0.15) is 0 Å². The highest BCUT2D eigenvalue weighted by atomic mass is 16.1. The number of piperidine rings is 2. The third-order valence-corrected chi connectivity index (χ3v) is 7.45. The monoisotopic (exact) mass is 412 g/mol. The number of fused-ring (bicyclic) bond motifs is 1. The highest BCUT2D eigenvalue weighted by Gasteiger charge is 2.26. The number of aryl methyl sites for hydroxylation is 1. The maximum atomic E-state index is 13.1. The molecule has 0 bridgehead atoms. The maximum absolute atomic E-state index is 13.1. The van der Waals surface area contributed by atoms with E-state index in [9.17, 15) is 4.79 Å². The molecule has 0 radical (unpaired) electrons. The van der Waals surface area contributed by atoms with Crippen LogP contribution in [0.25, 0.3) is 11.0 Å². The van der Waals surface area contributed by atoms with Gasteiger partial charge < -0.3 is 10.6 Å². The first-order valence-electron chi connectivity index (χ1n) is 11.8. The van der Waals surface area contributed by atoms with Crippen LogP contribution < -0.4 is 16.3 Å². The number of imidazole rings is 1. The first-order chi connectivity index (χ1) is 14.7. The molecule has 2 N–H and O–H groups in total. The van der Waals surface area contributed by atoms with Crippen LogP contribution in [0.15, 0.2) is 23.0 Å². The molecule has 0 spiro atoms. The predicted octanol–water partition coefficient (Wildman–Crippen LogP) is 1.13. The zero-order valence-corrected chi connectivity index (χ0v) is 18.3. The van der Waals surface area contributed by atoms with Gasteiger partial charge in [0.2, 0.25) is 0 Å². The third kappa shape index (κ3) is 3.84. The van der Waals surface area contributed by atoms with E-state index in [1.54, 1.807) is 0 Å². The lowest BCUT2D eigenvalue weighted by atomic mass is 10.0. The third-order valence-electron chi connectivity index (χ3n) is 7.45. The van der Waals surface area contributed by atoms with Crippen LogP contribution in [0.3, 0.4) is 0 Å². The molecule has 164 valence electrons. The average molecular weight is 413 g/mol.